The molecule has 114 valence electrons. The molecule has 1 aromatic rings. The molecule has 0 aliphatic heterocycles. The van der Waals surface area contributed by atoms with Crippen molar-refractivity contribution in [3.05, 3.63) is 35.4 Å². The molecule has 0 radical (unpaired) electrons. The lowest BCUT2D eigenvalue weighted by Crippen LogP contribution is -2.43. The van der Waals surface area contributed by atoms with Gasteiger partial charge in [0.05, 0.1) is 6.42 Å². The number of nitrogens with zero attached hydrogens (tertiary/aromatic N) is 2. The van der Waals surface area contributed by atoms with Crippen LogP contribution < -0.4 is 0 Å². The molecule has 21 heavy (non-hydrogen) atoms. The summed E-state index contributed by atoms with van der Waals surface area (Å²) in [4.78, 5) is 26.6. The van der Waals surface area contributed by atoms with Crippen molar-refractivity contribution < 1.29 is 14.7 Å². The summed E-state index contributed by atoms with van der Waals surface area (Å²) in [5.74, 6) is -0.866. The molecule has 0 bridgehead atoms. The smallest absolute Gasteiger partial charge is 0.320 e. The summed E-state index contributed by atoms with van der Waals surface area (Å²) in [5, 5.41) is 8.80. The number of carboxylic acids is 1. The zero-order chi connectivity index (χ0) is 15.4. The Morgan fingerprint density at radius 3 is 2.52 bits per heavy atom. The lowest BCUT2D eigenvalue weighted by molar-refractivity contribution is -0.137. The second-order valence-electron chi connectivity index (χ2n) is 5.63. The number of aliphatic carboxylic acids is 1. The number of aryl methyl sites for hydroxylation is 1. The van der Waals surface area contributed by atoms with Crippen LogP contribution in [0.3, 0.4) is 0 Å². The van der Waals surface area contributed by atoms with Crippen LogP contribution in [0.25, 0.3) is 0 Å². The number of rotatable bonds is 6. The van der Waals surface area contributed by atoms with Crippen molar-refractivity contribution in [1.82, 2.24) is 9.80 Å². The molecule has 5 nitrogen and oxygen atoms in total. The van der Waals surface area contributed by atoms with Crippen LogP contribution in [0.15, 0.2) is 24.3 Å². The number of amides is 2. The van der Waals surface area contributed by atoms with E-state index in [1.165, 1.54) is 0 Å². The van der Waals surface area contributed by atoms with Crippen LogP contribution in [-0.4, -0.2) is 46.5 Å². The minimum Gasteiger partial charge on any atom is -0.481 e. The van der Waals surface area contributed by atoms with Crippen LogP contribution >= 0.6 is 0 Å². The molecule has 0 aromatic heterocycles. The zero-order valence-corrected chi connectivity index (χ0v) is 12.6. The number of carbonyl (C=O) groups is 2. The first-order valence-electron chi connectivity index (χ1n) is 7.27. The quantitative estimate of drug-likeness (QED) is 0.875. The van der Waals surface area contributed by atoms with E-state index in [-0.39, 0.29) is 25.0 Å². The first-order chi connectivity index (χ1) is 9.99. The highest BCUT2D eigenvalue weighted by atomic mass is 16.4. The average molecular weight is 290 g/mol. The number of hydrogen-bond donors (Lipinski definition) is 1. The van der Waals surface area contributed by atoms with E-state index in [4.69, 9.17) is 5.11 Å². The Balaban J connectivity index is 1.99. The first-order valence-corrected chi connectivity index (χ1v) is 7.27. The van der Waals surface area contributed by atoms with Gasteiger partial charge in [0.25, 0.3) is 0 Å². The Morgan fingerprint density at radius 2 is 1.95 bits per heavy atom. The predicted molar refractivity (Wildman–Crippen MR) is 80.0 cm³/mol. The van der Waals surface area contributed by atoms with Gasteiger partial charge in [-0.15, -0.1) is 0 Å². The minimum atomic E-state index is -0.866. The maximum atomic E-state index is 12.5. The molecule has 0 spiro atoms. The monoisotopic (exact) mass is 290 g/mol. The lowest BCUT2D eigenvalue weighted by atomic mass is 10.1. The van der Waals surface area contributed by atoms with Crippen molar-refractivity contribution in [1.29, 1.82) is 0 Å². The van der Waals surface area contributed by atoms with Gasteiger partial charge < -0.3 is 14.9 Å². The zero-order valence-electron chi connectivity index (χ0n) is 12.6. The summed E-state index contributed by atoms with van der Waals surface area (Å²) in [6, 6.07) is 8.11. The summed E-state index contributed by atoms with van der Waals surface area (Å²) in [6.45, 7) is 2.86. The third-order valence-electron chi connectivity index (χ3n) is 3.80. The molecule has 0 unspecified atom stereocenters. The number of carbonyl (C=O) groups excluding carboxylic acids is 1. The Kier molecular flexibility index (Phi) is 4.83. The van der Waals surface area contributed by atoms with E-state index < -0.39 is 5.97 Å². The van der Waals surface area contributed by atoms with Crippen LogP contribution in [0.2, 0.25) is 0 Å². The Morgan fingerprint density at radius 1 is 1.29 bits per heavy atom. The van der Waals surface area contributed by atoms with E-state index >= 15 is 0 Å². The second-order valence-corrected chi connectivity index (χ2v) is 5.63. The maximum absolute atomic E-state index is 12.5. The van der Waals surface area contributed by atoms with Crippen molar-refractivity contribution >= 4 is 12.0 Å². The van der Waals surface area contributed by atoms with Crippen molar-refractivity contribution in [2.75, 3.05) is 13.6 Å². The normalized spacial score (nSPS) is 13.8. The molecule has 1 saturated carbocycles. The molecule has 1 N–H and O–H groups in total. The van der Waals surface area contributed by atoms with Crippen LogP contribution in [-0.2, 0) is 11.3 Å². The van der Waals surface area contributed by atoms with Crippen molar-refractivity contribution in [2.24, 2.45) is 0 Å². The van der Waals surface area contributed by atoms with Crippen molar-refractivity contribution in [3.8, 4) is 0 Å². The van der Waals surface area contributed by atoms with E-state index in [1.54, 1.807) is 16.8 Å². The van der Waals surface area contributed by atoms with E-state index in [0.717, 1.165) is 24.0 Å². The molecule has 1 aliphatic rings. The molecule has 0 heterocycles. The molecule has 1 aliphatic carbocycles. The Bertz CT molecular complexity index is 526. The van der Waals surface area contributed by atoms with Gasteiger partial charge in [-0.2, -0.15) is 0 Å². The van der Waals surface area contributed by atoms with Crippen LogP contribution in [0.5, 0.6) is 0 Å². The fourth-order valence-corrected chi connectivity index (χ4v) is 2.37. The number of benzene rings is 1. The van der Waals surface area contributed by atoms with Crippen LogP contribution in [0.1, 0.15) is 30.4 Å². The number of carboxylic acid groups (broad SMARTS) is 1. The van der Waals surface area contributed by atoms with E-state index in [0.29, 0.717) is 6.54 Å². The predicted octanol–water partition coefficient (Wildman–Crippen LogP) is 2.49. The number of hydrogen-bond acceptors (Lipinski definition) is 2. The summed E-state index contributed by atoms with van der Waals surface area (Å²) in [6.07, 6.45) is 1.95. The van der Waals surface area contributed by atoms with Crippen LogP contribution in [0.4, 0.5) is 4.79 Å². The fraction of sp³-hybridized carbons (Fsp3) is 0.500. The highest BCUT2D eigenvalue weighted by molar-refractivity contribution is 5.76. The minimum absolute atomic E-state index is 0.000441. The number of urea groups is 1. The van der Waals surface area contributed by atoms with E-state index in [9.17, 15) is 9.59 Å². The molecule has 0 saturated heterocycles. The Hall–Kier alpha value is -2.04. The molecule has 1 aromatic carbocycles. The fourth-order valence-electron chi connectivity index (χ4n) is 2.37. The molecule has 2 rings (SSSR count). The third-order valence-corrected chi connectivity index (χ3v) is 3.80. The lowest BCUT2D eigenvalue weighted by Gasteiger charge is -2.28. The second kappa shape index (κ2) is 6.61. The summed E-state index contributed by atoms with van der Waals surface area (Å²) in [5.41, 5.74) is 2.27. The van der Waals surface area contributed by atoms with Gasteiger partial charge in [-0.1, -0.05) is 24.3 Å². The van der Waals surface area contributed by atoms with Crippen molar-refractivity contribution in [3.63, 3.8) is 0 Å². The van der Waals surface area contributed by atoms with Gasteiger partial charge in [0, 0.05) is 26.2 Å². The van der Waals surface area contributed by atoms with Gasteiger partial charge in [-0.3, -0.25) is 4.79 Å². The summed E-state index contributed by atoms with van der Waals surface area (Å²) in [7, 11) is 1.77. The molecule has 1 fully saturated rings. The topological polar surface area (TPSA) is 60.9 Å². The van der Waals surface area contributed by atoms with E-state index in [2.05, 4.69) is 0 Å². The molecule has 2 amide bonds. The highest BCUT2D eigenvalue weighted by Gasteiger charge is 2.34. The van der Waals surface area contributed by atoms with Gasteiger partial charge >= 0.3 is 12.0 Å². The highest BCUT2D eigenvalue weighted by Crippen LogP contribution is 2.28. The third kappa shape index (κ3) is 4.21. The summed E-state index contributed by atoms with van der Waals surface area (Å²) < 4.78 is 0. The SMILES string of the molecule is Cc1ccccc1CN(C)C(=O)N(CCC(=O)O)C1CC1. The average Bonchev–Trinajstić information content (AvgIpc) is 3.25. The summed E-state index contributed by atoms with van der Waals surface area (Å²) >= 11 is 0. The van der Waals surface area contributed by atoms with Gasteiger partial charge in [0.1, 0.15) is 0 Å². The molecule has 5 heteroatoms. The van der Waals surface area contributed by atoms with E-state index in [1.807, 2.05) is 31.2 Å². The van der Waals surface area contributed by atoms with Gasteiger partial charge in [-0.05, 0) is 30.9 Å². The van der Waals surface area contributed by atoms with Gasteiger partial charge in [0.15, 0.2) is 0 Å². The Labute approximate surface area is 125 Å². The molecular formula is C16H22N2O3. The standard InChI is InChI=1S/C16H22N2O3/c1-12-5-3-4-6-13(12)11-17(2)16(21)18(14-7-8-14)10-9-15(19)20/h3-6,14H,7-11H2,1-2H3,(H,19,20). The van der Waals surface area contributed by atoms with Gasteiger partial charge in [-0.25, -0.2) is 4.79 Å². The van der Waals surface area contributed by atoms with Gasteiger partial charge in [0.2, 0.25) is 0 Å². The largest absolute Gasteiger partial charge is 0.481 e. The molecular weight excluding hydrogens is 268 g/mol. The molecule has 0 atom stereocenters. The first kappa shape index (κ1) is 15.4. The van der Waals surface area contributed by atoms with Crippen molar-refractivity contribution in [2.45, 2.75) is 38.8 Å². The van der Waals surface area contributed by atoms with Crippen LogP contribution in [0, 0.1) is 6.92 Å². The maximum Gasteiger partial charge on any atom is 0.320 e.